The van der Waals surface area contributed by atoms with E-state index in [1.807, 2.05) is 6.07 Å². The number of fused-ring (bicyclic) bond motifs is 1. The molecule has 164 valence electrons. The van der Waals surface area contributed by atoms with E-state index >= 15 is 0 Å². The topological polar surface area (TPSA) is 67.1 Å². The summed E-state index contributed by atoms with van der Waals surface area (Å²) in [5, 5.41) is 13.4. The van der Waals surface area contributed by atoms with E-state index in [0.717, 1.165) is 48.8 Å². The first-order valence-electron chi connectivity index (χ1n) is 10.4. The molecule has 1 unspecified atom stereocenters. The van der Waals surface area contributed by atoms with E-state index in [0.29, 0.717) is 17.3 Å². The Morgan fingerprint density at radius 2 is 2.00 bits per heavy atom. The van der Waals surface area contributed by atoms with E-state index in [1.165, 1.54) is 5.56 Å². The van der Waals surface area contributed by atoms with Gasteiger partial charge in [0.1, 0.15) is 0 Å². The number of nitrogens with two attached hydrogens (primary N) is 1. The average molecular weight is 429 g/mol. The van der Waals surface area contributed by atoms with Gasteiger partial charge >= 0.3 is 6.18 Å². The number of hydrogen-bond donors (Lipinski definition) is 2. The first kappa shape index (κ1) is 21.4. The van der Waals surface area contributed by atoms with Crippen molar-refractivity contribution in [1.82, 2.24) is 15.1 Å². The molecule has 4 rings (SSSR count). The smallest absolute Gasteiger partial charge is 0.399 e. The van der Waals surface area contributed by atoms with Crippen molar-refractivity contribution in [2.45, 2.75) is 37.9 Å². The number of likely N-dealkylation sites (tertiary alicyclic amines) is 1. The molecule has 1 saturated heterocycles. The third-order valence-corrected chi connectivity index (χ3v) is 5.94. The van der Waals surface area contributed by atoms with E-state index in [2.05, 4.69) is 39.6 Å². The number of nitrogen functional groups attached to an aromatic ring is 1. The van der Waals surface area contributed by atoms with Gasteiger partial charge in [0.25, 0.3) is 0 Å². The lowest BCUT2D eigenvalue weighted by molar-refractivity contribution is -0.137. The third-order valence-electron chi connectivity index (χ3n) is 5.94. The normalized spacial score (nSPS) is 18.8. The highest BCUT2D eigenvalue weighted by Crippen LogP contribution is 2.34. The molecule has 8 heteroatoms. The molecule has 5 nitrogen and oxygen atoms in total. The Hall–Kier alpha value is -2.87. The predicted octanol–water partition coefficient (Wildman–Crippen LogP) is 5.21. The Kier molecular flexibility index (Phi) is 5.75. The molecule has 0 radical (unpaired) electrons. The van der Waals surface area contributed by atoms with Crippen LogP contribution in [0.5, 0.6) is 0 Å². The van der Waals surface area contributed by atoms with Gasteiger partial charge in [0, 0.05) is 23.0 Å². The molecule has 3 N–H and O–H groups in total. The first-order valence-corrected chi connectivity index (χ1v) is 10.4. The minimum atomic E-state index is -4.45. The van der Waals surface area contributed by atoms with Gasteiger partial charge in [0.15, 0.2) is 5.82 Å². The van der Waals surface area contributed by atoms with Crippen LogP contribution in [-0.2, 0) is 6.18 Å². The van der Waals surface area contributed by atoms with Crippen LogP contribution < -0.4 is 11.1 Å². The van der Waals surface area contributed by atoms with Crippen LogP contribution >= 0.6 is 0 Å². The highest BCUT2D eigenvalue weighted by atomic mass is 19.4. The summed E-state index contributed by atoms with van der Waals surface area (Å²) in [5.41, 5.74) is 6.73. The van der Waals surface area contributed by atoms with Crippen LogP contribution in [0.1, 0.15) is 48.4 Å². The maximum absolute atomic E-state index is 13.2. The largest absolute Gasteiger partial charge is 0.416 e. The van der Waals surface area contributed by atoms with Gasteiger partial charge in [0.2, 0.25) is 0 Å². The van der Waals surface area contributed by atoms with Crippen molar-refractivity contribution in [3.8, 4) is 0 Å². The standard InChI is InChI=1S/C23H26F3N5/c1-14(18-8-19(23(24,25)26)11-20(27)9-18)29-22-21-10-15(5-6-16(21)12-28-30-22)17-4-3-7-31(2)13-17/h5-6,8-12,14,17H,3-4,7,13,27H2,1-2H3,(H,29,30)/t14-,17?/m1/s1. The SMILES string of the molecule is C[C@@H](Nc1nncc2ccc(C3CCCN(C)C3)cc12)c1cc(N)cc(C(F)(F)F)c1. The molecule has 1 fully saturated rings. The van der Waals surface area contributed by atoms with Crippen LogP contribution in [0.25, 0.3) is 10.8 Å². The van der Waals surface area contributed by atoms with Gasteiger partial charge < -0.3 is 16.0 Å². The zero-order valence-electron chi connectivity index (χ0n) is 17.6. The fraction of sp³-hybridized carbons (Fsp3) is 0.391. The van der Waals surface area contributed by atoms with Crippen molar-refractivity contribution in [1.29, 1.82) is 0 Å². The Balaban J connectivity index is 1.65. The number of halogens is 3. The highest BCUT2D eigenvalue weighted by Gasteiger charge is 2.31. The van der Waals surface area contributed by atoms with E-state index in [9.17, 15) is 13.2 Å². The van der Waals surface area contributed by atoms with Gasteiger partial charge in [-0.15, -0.1) is 5.10 Å². The lowest BCUT2D eigenvalue weighted by Gasteiger charge is -2.30. The molecule has 3 aromatic rings. The van der Waals surface area contributed by atoms with E-state index in [1.54, 1.807) is 19.2 Å². The average Bonchev–Trinajstić information content (AvgIpc) is 2.72. The van der Waals surface area contributed by atoms with Gasteiger partial charge in [-0.2, -0.15) is 18.3 Å². The summed E-state index contributed by atoms with van der Waals surface area (Å²) in [4.78, 5) is 2.34. The molecule has 0 saturated carbocycles. The lowest BCUT2D eigenvalue weighted by Crippen LogP contribution is -2.30. The summed E-state index contributed by atoms with van der Waals surface area (Å²) in [6.07, 6.45) is -0.459. The van der Waals surface area contributed by atoms with Gasteiger partial charge in [-0.05, 0) is 74.7 Å². The number of nitrogens with zero attached hydrogens (tertiary/aromatic N) is 3. The number of piperidine rings is 1. The first-order chi connectivity index (χ1) is 14.7. The van der Waals surface area contributed by atoms with Crippen molar-refractivity contribution < 1.29 is 13.2 Å². The van der Waals surface area contributed by atoms with E-state index < -0.39 is 17.8 Å². The second-order valence-electron chi connectivity index (χ2n) is 8.39. The summed E-state index contributed by atoms with van der Waals surface area (Å²) >= 11 is 0. The Morgan fingerprint density at radius 3 is 2.74 bits per heavy atom. The molecule has 0 bridgehead atoms. The summed E-state index contributed by atoms with van der Waals surface area (Å²) in [5.74, 6) is 0.997. The monoisotopic (exact) mass is 429 g/mol. The highest BCUT2D eigenvalue weighted by molar-refractivity contribution is 5.91. The number of aromatic nitrogens is 2. The van der Waals surface area contributed by atoms with Crippen molar-refractivity contribution >= 4 is 22.3 Å². The second-order valence-corrected chi connectivity index (χ2v) is 8.39. The van der Waals surface area contributed by atoms with E-state index in [-0.39, 0.29) is 5.69 Å². The maximum atomic E-state index is 13.2. The van der Waals surface area contributed by atoms with Gasteiger partial charge in [-0.25, -0.2) is 0 Å². The quantitative estimate of drug-likeness (QED) is 0.557. The molecular formula is C23H26F3N5. The molecule has 1 aromatic heterocycles. The molecule has 2 aromatic carbocycles. The maximum Gasteiger partial charge on any atom is 0.416 e. The number of hydrogen-bond acceptors (Lipinski definition) is 5. The summed E-state index contributed by atoms with van der Waals surface area (Å²) in [7, 11) is 2.13. The summed E-state index contributed by atoms with van der Waals surface area (Å²) in [6, 6.07) is 9.48. The summed E-state index contributed by atoms with van der Waals surface area (Å²) < 4.78 is 39.6. The Bertz CT molecular complexity index is 1080. The molecule has 1 aliphatic rings. The van der Waals surface area contributed by atoms with Gasteiger partial charge in [-0.3, -0.25) is 0 Å². The molecule has 0 spiro atoms. The molecule has 1 aliphatic heterocycles. The van der Waals surface area contributed by atoms with Gasteiger partial charge in [0.05, 0.1) is 17.8 Å². The van der Waals surface area contributed by atoms with E-state index in [4.69, 9.17) is 5.73 Å². The van der Waals surface area contributed by atoms with Crippen molar-refractivity contribution in [3.63, 3.8) is 0 Å². The Morgan fingerprint density at radius 1 is 1.19 bits per heavy atom. The minimum Gasteiger partial charge on any atom is -0.399 e. The number of benzene rings is 2. The van der Waals surface area contributed by atoms with Crippen LogP contribution in [-0.4, -0.2) is 35.2 Å². The number of nitrogens with one attached hydrogen (secondary N) is 1. The second kappa shape index (κ2) is 8.34. The van der Waals surface area contributed by atoms with Crippen molar-refractivity contribution in [3.05, 3.63) is 59.3 Å². The van der Waals surface area contributed by atoms with Gasteiger partial charge in [-0.1, -0.05) is 12.1 Å². The number of anilines is 2. The van der Waals surface area contributed by atoms with Crippen molar-refractivity contribution in [2.75, 3.05) is 31.2 Å². The fourth-order valence-corrected chi connectivity index (χ4v) is 4.27. The molecule has 0 aliphatic carbocycles. The molecule has 31 heavy (non-hydrogen) atoms. The zero-order chi connectivity index (χ0) is 22.2. The number of alkyl halides is 3. The number of rotatable bonds is 4. The molecular weight excluding hydrogens is 403 g/mol. The predicted molar refractivity (Wildman–Crippen MR) is 117 cm³/mol. The molecule has 2 heterocycles. The Labute approximate surface area is 179 Å². The van der Waals surface area contributed by atoms with Crippen LogP contribution in [0.15, 0.2) is 42.6 Å². The van der Waals surface area contributed by atoms with Crippen LogP contribution in [0, 0.1) is 0 Å². The lowest BCUT2D eigenvalue weighted by atomic mass is 9.90. The minimum absolute atomic E-state index is 0.0752. The van der Waals surface area contributed by atoms with Crippen LogP contribution in [0.3, 0.4) is 0 Å². The molecule has 0 amide bonds. The summed E-state index contributed by atoms with van der Waals surface area (Å²) in [6.45, 7) is 3.90. The number of likely N-dealkylation sites (N-methyl/N-ethyl adjacent to an activating group) is 1. The zero-order valence-corrected chi connectivity index (χ0v) is 17.6. The fourth-order valence-electron chi connectivity index (χ4n) is 4.27. The van der Waals surface area contributed by atoms with Crippen LogP contribution in [0.2, 0.25) is 0 Å². The van der Waals surface area contributed by atoms with Crippen molar-refractivity contribution in [2.24, 2.45) is 0 Å². The third kappa shape index (κ3) is 4.74. The molecule has 2 atom stereocenters. The van der Waals surface area contributed by atoms with Crippen LogP contribution in [0.4, 0.5) is 24.7 Å².